The van der Waals surface area contributed by atoms with Gasteiger partial charge < -0.3 is 25.5 Å². The van der Waals surface area contributed by atoms with Crippen LogP contribution in [0.5, 0.6) is 0 Å². The summed E-state index contributed by atoms with van der Waals surface area (Å²) in [6.07, 6.45) is -0.0912. The number of carboxylic acid groups (broad SMARTS) is 1. The number of amides is 3. The molecule has 1 aliphatic rings. The van der Waals surface area contributed by atoms with Crippen LogP contribution in [0, 0.1) is 0 Å². The first-order valence-electron chi connectivity index (χ1n) is 14.0. The van der Waals surface area contributed by atoms with Crippen LogP contribution in [0.25, 0.3) is 0 Å². The lowest BCUT2D eigenvalue weighted by molar-refractivity contribution is -0.137. The molecule has 2 heterocycles. The zero-order valence-corrected chi connectivity index (χ0v) is 24.3. The van der Waals surface area contributed by atoms with Crippen molar-refractivity contribution in [3.63, 3.8) is 0 Å². The highest BCUT2D eigenvalue weighted by Crippen LogP contribution is 2.30. The Morgan fingerprint density at radius 2 is 1.51 bits per heavy atom. The van der Waals surface area contributed by atoms with Gasteiger partial charge in [0, 0.05) is 42.2 Å². The topological polar surface area (TPSA) is 119 Å². The van der Waals surface area contributed by atoms with Gasteiger partial charge in [0.2, 0.25) is 5.91 Å². The Morgan fingerprint density at radius 3 is 2.16 bits per heavy atom. The minimum absolute atomic E-state index is 0.0229. The molecule has 4 aromatic rings. The number of nitrogens with zero attached hydrogens (tertiary/aromatic N) is 2. The minimum atomic E-state index is -1.02. The molecule has 0 aliphatic carbocycles. The van der Waals surface area contributed by atoms with Crippen molar-refractivity contribution in [2.45, 2.75) is 18.9 Å². The van der Waals surface area contributed by atoms with Crippen LogP contribution in [0.3, 0.4) is 0 Å². The summed E-state index contributed by atoms with van der Waals surface area (Å²) in [6.45, 7) is 2.10. The quantitative estimate of drug-likeness (QED) is 0.241. The zero-order valence-electron chi connectivity index (χ0n) is 23.4. The average Bonchev–Trinajstić information content (AvgIpc) is 3.56. The number of carbonyl (C=O) groups is 4. The van der Waals surface area contributed by atoms with E-state index < -0.39 is 17.9 Å². The number of aliphatic carboxylic acids is 1. The van der Waals surface area contributed by atoms with Crippen LogP contribution in [0.4, 0.5) is 11.4 Å². The van der Waals surface area contributed by atoms with Gasteiger partial charge in [-0.15, -0.1) is 11.3 Å². The molecule has 0 saturated carbocycles. The van der Waals surface area contributed by atoms with E-state index in [0.29, 0.717) is 43.0 Å². The summed E-state index contributed by atoms with van der Waals surface area (Å²) in [7, 11) is 0. The number of piperazine rings is 1. The molecule has 0 bridgehead atoms. The van der Waals surface area contributed by atoms with Crippen molar-refractivity contribution in [2.24, 2.45) is 0 Å². The van der Waals surface area contributed by atoms with Gasteiger partial charge in [-0.25, -0.2) is 0 Å². The number of thiophene rings is 1. The summed E-state index contributed by atoms with van der Waals surface area (Å²) in [5, 5.41) is 17.1. The second-order valence-electron chi connectivity index (χ2n) is 10.2. The third-order valence-corrected chi connectivity index (χ3v) is 8.23. The van der Waals surface area contributed by atoms with Gasteiger partial charge >= 0.3 is 5.97 Å². The summed E-state index contributed by atoms with van der Waals surface area (Å²) >= 11 is 1.37. The largest absolute Gasteiger partial charge is 0.481 e. The number of hydrogen-bond donors (Lipinski definition) is 3. The Hall–Kier alpha value is -4.96. The Kier molecular flexibility index (Phi) is 9.48. The fourth-order valence-corrected chi connectivity index (χ4v) is 5.85. The second-order valence-corrected chi connectivity index (χ2v) is 11.2. The molecule has 0 radical (unpaired) electrons. The first-order chi connectivity index (χ1) is 20.9. The van der Waals surface area contributed by atoms with Gasteiger partial charge in [-0.2, -0.15) is 0 Å². The molecule has 5 rings (SSSR count). The number of rotatable bonds is 10. The van der Waals surface area contributed by atoms with E-state index in [4.69, 9.17) is 0 Å². The lowest BCUT2D eigenvalue weighted by Gasteiger charge is -2.37. The van der Waals surface area contributed by atoms with E-state index in [-0.39, 0.29) is 24.7 Å². The van der Waals surface area contributed by atoms with E-state index in [1.807, 2.05) is 64.9 Å². The Bertz CT molecular complexity index is 1570. The predicted molar refractivity (Wildman–Crippen MR) is 167 cm³/mol. The molecule has 1 saturated heterocycles. The van der Waals surface area contributed by atoms with Crippen LogP contribution in [-0.4, -0.2) is 59.9 Å². The van der Waals surface area contributed by atoms with E-state index in [9.17, 15) is 24.3 Å². The molecule has 0 spiro atoms. The molecular formula is C33H32N4O5S. The first kappa shape index (κ1) is 29.5. The van der Waals surface area contributed by atoms with Crippen LogP contribution in [0.2, 0.25) is 0 Å². The predicted octanol–water partition coefficient (Wildman–Crippen LogP) is 4.84. The number of anilines is 2. The van der Waals surface area contributed by atoms with Crippen molar-refractivity contribution in [3.05, 3.63) is 118 Å². The molecule has 9 nitrogen and oxygen atoms in total. The smallest absolute Gasteiger partial charge is 0.305 e. The summed E-state index contributed by atoms with van der Waals surface area (Å²) < 4.78 is 0. The summed E-state index contributed by atoms with van der Waals surface area (Å²) in [4.78, 5) is 55.5. The maximum Gasteiger partial charge on any atom is 0.305 e. The molecule has 1 atom stereocenters. The van der Waals surface area contributed by atoms with E-state index in [0.717, 1.165) is 16.1 Å². The van der Waals surface area contributed by atoms with Crippen molar-refractivity contribution < 1.29 is 24.3 Å². The highest BCUT2D eigenvalue weighted by Gasteiger charge is 2.25. The zero-order chi connectivity index (χ0) is 30.2. The van der Waals surface area contributed by atoms with Gasteiger partial charge in [0.25, 0.3) is 11.8 Å². The van der Waals surface area contributed by atoms with Gasteiger partial charge in [-0.3, -0.25) is 19.2 Å². The molecule has 10 heteroatoms. The number of carbonyl (C=O) groups excluding carboxylic acids is 3. The van der Waals surface area contributed by atoms with Gasteiger partial charge in [-0.1, -0.05) is 54.6 Å². The highest BCUT2D eigenvalue weighted by molar-refractivity contribution is 7.10. The third kappa shape index (κ3) is 7.66. The Balaban J connectivity index is 1.35. The number of carboxylic acids is 1. The first-order valence-corrected chi connectivity index (χ1v) is 14.9. The SMILES string of the molecule is O=C(O)CC(NC(=O)c1ccc(N2CCN(C(=O)c3ccccc3)CC2)c(NC(=O)Cc2ccccc2)c1)c1cccs1. The fourth-order valence-electron chi connectivity index (χ4n) is 5.07. The molecule has 3 aromatic carbocycles. The van der Waals surface area contributed by atoms with E-state index in [1.165, 1.54) is 11.3 Å². The van der Waals surface area contributed by atoms with Crippen molar-refractivity contribution in [1.82, 2.24) is 10.2 Å². The minimum Gasteiger partial charge on any atom is -0.481 e. The Morgan fingerprint density at radius 1 is 0.814 bits per heavy atom. The molecule has 3 N–H and O–H groups in total. The van der Waals surface area contributed by atoms with Crippen molar-refractivity contribution in [1.29, 1.82) is 0 Å². The molecule has 1 fully saturated rings. The average molecular weight is 597 g/mol. The van der Waals surface area contributed by atoms with Crippen LogP contribution in [0.1, 0.15) is 43.6 Å². The fraction of sp³-hybridized carbons (Fsp3) is 0.212. The molecule has 43 heavy (non-hydrogen) atoms. The normalized spacial score (nSPS) is 13.7. The van der Waals surface area contributed by atoms with Crippen LogP contribution < -0.4 is 15.5 Å². The lowest BCUT2D eigenvalue weighted by Crippen LogP contribution is -2.49. The maximum absolute atomic E-state index is 13.3. The van der Waals surface area contributed by atoms with Gasteiger partial charge in [0.05, 0.1) is 30.3 Å². The van der Waals surface area contributed by atoms with Gasteiger partial charge in [-0.05, 0) is 47.3 Å². The van der Waals surface area contributed by atoms with Crippen LogP contribution in [0.15, 0.2) is 96.4 Å². The van der Waals surface area contributed by atoms with Gasteiger partial charge in [0.15, 0.2) is 0 Å². The van der Waals surface area contributed by atoms with Gasteiger partial charge in [0.1, 0.15) is 0 Å². The molecular weight excluding hydrogens is 564 g/mol. The van der Waals surface area contributed by atoms with Crippen molar-refractivity contribution in [2.75, 3.05) is 36.4 Å². The van der Waals surface area contributed by atoms with Crippen LogP contribution in [-0.2, 0) is 16.0 Å². The molecule has 1 aliphatic heterocycles. The molecule has 1 aromatic heterocycles. The summed E-state index contributed by atoms with van der Waals surface area (Å²) in [6, 6.07) is 26.6. The molecule has 1 unspecified atom stereocenters. The summed E-state index contributed by atoms with van der Waals surface area (Å²) in [5.41, 5.74) is 3.01. The number of benzene rings is 3. The standard InChI is InChI=1S/C33H32N4O5S/c38-30(20-23-8-3-1-4-9-23)34-26-21-25(32(41)35-27(22-31(39)40)29-12-7-19-43-29)13-14-28(26)36-15-17-37(18-16-36)33(42)24-10-5-2-6-11-24/h1-14,19,21,27H,15-18,20,22H2,(H,34,38)(H,35,41)(H,39,40). The summed E-state index contributed by atoms with van der Waals surface area (Å²) in [5.74, 6) is -1.72. The van der Waals surface area contributed by atoms with E-state index in [2.05, 4.69) is 15.5 Å². The van der Waals surface area contributed by atoms with Crippen LogP contribution >= 0.6 is 11.3 Å². The van der Waals surface area contributed by atoms with E-state index in [1.54, 1.807) is 36.4 Å². The van der Waals surface area contributed by atoms with E-state index >= 15 is 0 Å². The monoisotopic (exact) mass is 596 g/mol. The molecule has 220 valence electrons. The molecule has 3 amide bonds. The number of nitrogens with one attached hydrogen (secondary N) is 2. The maximum atomic E-state index is 13.3. The van der Waals surface area contributed by atoms with Crippen molar-refractivity contribution >= 4 is 46.4 Å². The second kappa shape index (κ2) is 13.8. The number of hydrogen-bond acceptors (Lipinski definition) is 6. The van der Waals surface area contributed by atoms with Crippen molar-refractivity contribution in [3.8, 4) is 0 Å². The lowest BCUT2D eigenvalue weighted by atomic mass is 10.1. The third-order valence-electron chi connectivity index (χ3n) is 7.24. The Labute approximate surface area is 253 Å². The highest BCUT2D eigenvalue weighted by atomic mass is 32.1.